The highest BCUT2D eigenvalue weighted by Gasteiger charge is 2.27. The van der Waals surface area contributed by atoms with Crippen molar-refractivity contribution in [1.29, 1.82) is 5.41 Å². The van der Waals surface area contributed by atoms with Gasteiger partial charge in [0.25, 0.3) is 0 Å². The first-order valence-corrected chi connectivity index (χ1v) is 11.5. The maximum Gasteiger partial charge on any atom is 0.236 e. The second-order valence-corrected chi connectivity index (χ2v) is 9.14. The molecule has 4 rings (SSSR count). The number of carbonyl (C=O) groups excluding carboxylic acids is 1. The molecule has 0 aliphatic carbocycles. The molecule has 0 radical (unpaired) electrons. The van der Waals surface area contributed by atoms with Gasteiger partial charge in [-0.2, -0.15) is 5.10 Å². The normalized spacial score (nSPS) is 15.5. The van der Waals surface area contributed by atoms with E-state index in [1.807, 2.05) is 43.0 Å². The summed E-state index contributed by atoms with van der Waals surface area (Å²) in [5.41, 5.74) is 2.39. The zero-order valence-corrected chi connectivity index (χ0v) is 19.2. The van der Waals surface area contributed by atoms with E-state index in [0.29, 0.717) is 54.4 Å². The number of carbonyl (C=O) groups is 1. The Labute approximate surface area is 186 Å². The third-order valence-corrected chi connectivity index (χ3v) is 6.92. The highest BCUT2D eigenvalue weighted by Crippen LogP contribution is 2.28. The van der Waals surface area contributed by atoms with Crippen LogP contribution in [0.3, 0.4) is 0 Å². The molecule has 2 aromatic heterocycles. The number of nitrogens with zero attached hydrogens (tertiary/aromatic N) is 4. The van der Waals surface area contributed by atoms with Gasteiger partial charge in [-0.1, -0.05) is 34.6 Å². The van der Waals surface area contributed by atoms with E-state index in [1.54, 1.807) is 4.57 Å². The Balaban J connectivity index is 1.78. The van der Waals surface area contributed by atoms with Gasteiger partial charge >= 0.3 is 0 Å². The Bertz CT molecular complexity index is 1120. The van der Waals surface area contributed by atoms with Gasteiger partial charge in [0.1, 0.15) is 5.49 Å². The third-order valence-electron chi connectivity index (χ3n) is 5.08. The van der Waals surface area contributed by atoms with Crippen molar-refractivity contribution in [3.63, 3.8) is 0 Å². The summed E-state index contributed by atoms with van der Waals surface area (Å²) in [6.45, 7) is 6.23. The van der Waals surface area contributed by atoms with Crippen molar-refractivity contribution in [2.24, 2.45) is 0 Å². The first-order chi connectivity index (χ1) is 14.5. The largest absolute Gasteiger partial charge is 0.378 e. The van der Waals surface area contributed by atoms with E-state index in [4.69, 9.17) is 15.1 Å². The Morgan fingerprint density at radius 1 is 1.33 bits per heavy atom. The van der Waals surface area contributed by atoms with Crippen LogP contribution in [-0.2, 0) is 9.53 Å². The highest BCUT2D eigenvalue weighted by atomic mass is 79.9. The third kappa shape index (κ3) is 4.03. The van der Waals surface area contributed by atoms with Crippen molar-refractivity contribution < 1.29 is 9.53 Å². The fraction of sp³-hybridized carbons (Fsp3) is 0.400. The number of amides is 1. The molecule has 10 heteroatoms. The van der Waals surface area contributed by atoms with Gasteiger partial charge in [-0.05, 0) is 37.6 Å². The topological polar surface area (TPSA) is 99.9 Å². The van der Waals surface area contributed by atoms with Crippen LogP contribution < -0.4 is 5.49 Å². The van der Waals surface area contributed by atoms with Gasteiger partial charge < -0.3 is 9.64 Å². The minimum Gasteiger partial charge on any atom is -0.378 e. The number of thioether (sulfide) groups is 1. The van der Waals surface area contributed by atoms with Crippen LogP contribution in [0.4, 0.5) is 0 Å². The lowest BCUT2D eigenvalue weighted by atomic mass is 10.2. The van der Waals surface area contributed by atoms with Gasteiger partial charge in [-0.3, -0.25) is 19.9 Å². The molecule has 1 saturated heterocycles. The van der Waals surface area contributed by atoms with Crippen LogP contribution in [0.15, 0.2) is 33.9 Å². The summed E-state index contributed by atoms with van der Waals surface area (Å²) in [5, 5.41) is 17.0. The molecular formula is C20H23BrN6O2S. The van der Waals surface area contributed by atoms with E-state index >= 15 is 0 Å². The molecule has 0 spiro atoms. The van der Waals surface area contributed by atoms with Gasteiger partial charge in [-0.25, -0.2) is 4.98 Å². The van der Waals surface area contributed by atoms with E-state index in [1.165, 1.54) is 11.8 Å². The van der Waals surface area contributed by atoms with Crippen molar-refractivity contribution in [1.82, 2.24) is 24.6 Å². The number of hydrogen-bond acceptors (Lipinski definition) is 6. The standard InChI is InChI=1S/C20H23BrN6O2S/c1-3-15(19(28)26-8-10-29-11-9-26)30-20-23-18-16(12(2)24-25-18)17(22)27(20)14-6-4-13(21)5-7-14/h4-7,15,22H,3,8-11H2,1-2H3,(H,24,25)/t15-/m0/s1. The quantitative estimate of drug-likeness (QED) is 0.422. The molecule has 30 heavy (non-hydrogen) atoms. The molecule has 1 aliphatic heterocycles. The molecule has 1 fully saturated rings. The van der Waals surface area contributed by atoms with Crippen molar-refractivity contribution in [2.75, 3.05) is 26.3 Å². The average Bonchev–Trinajstić information content (AvgIpc) is 3.14. The van der Waals surface area contributed by atoms with Gasteiger partial charge in [0.2, 0.25) is 5.91 Å². The molecule has 3 aromatic rings. The Morgan fingerprint density at radius 2 is 2.03 bits per heavy atom. The predicted molar refractivity (Wildman–Crippen MR) is 119 cm³/mol. The van der Waals surface area contributed by atoms with Crippen molar-refractivity contribution in [3.05, 3.63) is 39.9 Å². The zero-order chi connectivity index (χ0) is 21.3. The highest BCUT2D eigenvalue weighted by molar-refractivity contribution is 9.10. The molecular weight excluding hydrogens is 468 g/mol. The lowest BCUT2D eigenvalue weighted by Crippen LogP contribution is -2.44. The molecule has 0 bridgehead atoms. The van der Waals surface area contributed by atoms with E-state index in [0.717, 1.165) is 15.9 Å². The van der Waals surface area contributed by atoms with Gasteiger partial charge in [-0.15, -0.1) is 0 Å². The number of aromatic amines is 1. The fourth-order valence-electron chi connectivity index (χ4n) is 3.46. The van der Waals surface area contributed by atoms with Crippen molar-refractivity contribution in [3.8, 4) is 5.69 Å². The summed E-state index contributed by atoms with van der Waals surface area (Å²) in [6, 6.07) is 7.72. The van der Waals surface area contributed by atoms with Crippen LogP contribution in [0.1, 0.15) is 19.0 Å². The number of morpholine rings is 1. The smallest absolute Gasteiger partial charge is 0.236 e. The summed E-state index contributed by atoms with van der Waals surface area (Å²) in [6.07, 6.45) is 0.661. The lowest BCUT2D eigenvalue weighted by molar-refractivity contribution is -0.134. The number of hydrogen-bond donors (Lipinski definition) is 2. The minimum absolute atomic E-state index is 0.0831. The predicted octanol–water partition coefficient (Wildman–Crippen LogP) is 3.03. The van der Waals surface area contributed by atoms with E-state index in [9.17, 15) is 4.79 Å². The zero-order valence-electron chi connectivity index (χ0n) is 16.8. The summed E-state index contributed by atoms with van der Waals surface area (Å²) in [4.78, 5) is 19.7. The fourth-order valence-corrected chi connectivity index (χ4v) is 4.84. The number of H-pyrrole nitrogens is 1. The Morgan fingerprint density at radius 3 is 2.70 bits per heavy atom. The number of rotatable bonds is 5. The molecule has 1 amide bonds. The average molecular weight is 491 g/mol. The maximum absolute atomic E-state index is 13.1. The number of fused-ring (bicyclic) bond motifs is 1. The molecule has 1 aliphatic rings. The van der Waals surface area contributed by atoms with Crippen LogP contribution in [0.5, 0.6) is 0 Å². The minimum atomic E-state index is -0.297. The molecule has 8 nitrogen and oxygen atoms in total. The van der Waals surface area contributed by atoms with Crippen molar-refractivity contribution >= 4 is 44.6 Å². The second kappa shape index (κ2) is 8.91. The van der Waals surface area contributed by atoms with Gasteiger partial charge in [0, 0.05) is 28.9 Å². The summed E-state index contributed by atoms with van der Waals surface area (Å²) >= 11 is 4.85. The number of benzene rings is 1. The number of aromatic nitrogens is 4. The van der Waals surface area contributed by atoms with Crippen LogP contribution in [-0.4, -0.2) is 62.1 Å². The number of ether oxygens (including phenoxy) is 1. The van der Waals surface area contributed by atoms with Gasteiger partial charge in [0.05, 0.1) is 23.8 Å². The molecule has 158 valence electrons. The monoisotopic (exact) mass is 490 g/mol. The summed E-state index contributed by atoms with van der Waals surface area (Å²) < 4.78 is 8.12. The van der Waals surface area contributed by atoms with E-state index in [-0.39, 0.29) is 11.2 Å². The Hall–Kier alpha value is -2.17. The summed E-state index contributed by atoms with van der Waals surface area (Å²) in [7, 11) is 0. The maximum atomic E-state index is 13.1. The van der Waals surface area contributed by atoms with Crippen molar-refractivity contribution in [2.45, 2.75) is 30.7 Å². The number of halogens is 1. The molecule has 1 atom stereocenters. The van der Waals surface area contributed by atoms with Crippen LogP contribution in [0.2, 0.25) is 0 Å². The number of aryl methyl sites for hydroxylation is 1. The van der Waals surface area contributed by atoms with Gasteiger partial charge in [0.15, 0.2) is 10.8 Å². The number of nitrogens with one attached hydrogen (secondary N) is 2. The molecule has 0 unspecified atom stereocenters. The van der Waals surface area contributed by atoms with Crippen LogP contribution in [0, 0.1) is 12.3 Å². The SMILES string of the molecule is CC[C@H](Sc1nc2n[nH]c(C)c2c(=N)n1-c1ccc(Br)cc1)C(=O)N1CCOCC1. The van der Waals surface area contributed by atoms with Crippen LogP contribution >= 0.6 is 27.7 Å². The molecule has 2 N–H and O–H groups in total. The molecule has 1 aromatic carbocycles. The first kappa shape index (κ1) is 21.1. The van der Waals surface area contributed by atoms with E-state index < -0.39 is 0 Å². The summed E-state index contributed by atoms with van der Waals surface area (Å²) in [5.74, 6) is 0.0831. The Kier molecular flexibility index (Phi) is 6.26. The second-order valence-electron chi connectivity index (χ2n) is 7.05. The first-order valence-electron chi connectivity index (χ1n) is 9.81. The lowest BCUT2D eigenvalue weighted by Gasteiger charge is -2.30. The molecule has 0 saturated carbocycles. The molecule has 3 heterocycles. The van der Waals surface area contributed by atoms with E-state index in [2.05, 4.69) is 26.1 Å². The van der Waals surface area contributed by atoms with Crippen LogP contribution in [0.25, 0.3) is 16.7 Å².